The summed E-state index contributed by atoms with van der Waals surface area (Å²) in [4.78, 5) is 11.2. The molecule has 9 heteroatoms. The fourth-order valence-electron chi connectivity index (χ4n) is 1.98. The van der Waals surface area contributed by atoms with Crippen LogP contribution < -0.4 is 16.0 Å². The summed E-state index contributed by atoms with van der Waals surface area (Å²) in [5.41, 5.74) is -0.522. The highest BCUT2D eigenvalue weighted by atomic mass is 35.5. The van der Waals surface area contributed by atoms with Crippen molar-refractivity contribution < 1.29 is 14.7 Å². The Hall–Kier alpha value is -0.480. The molecule has 4 unspecified atom stereocenters. The number of carbonyl (C=O) groups is 1. The van der Waals surface area contributed by atoms with Crippen molar-refractivity contribution >= 4 is 17.6 Å². The minimum Gasteiger partial charge on any atom is -0.762 e. The zero-order valence-electron chi connectivity index (χ0n) is 10.9. The normalized spacial score (nSPS) is 31.5. The number of ether oxygens (including phenoxy) is 1. The number of rotatable bonds is 6. The summed E-state index contributed by atoms with van der Waals surface area (Å²) in [6.07, 6.45) is -0.353. The first-order valence-corrected chi connectivity index (χ1v) is 6.59. The van der Waals surface area contributed by atoms with Gasteiger partial charge in [-0.05, 0) is 13.8 Å². The number of halogens is 1. The maximum Gasteiger partial charge on any atom is 0.307 e. The largest absolute Gasteiger partial charge is 0.762 e. The molecule has 0 aliphatic carbocycles. The van der Waals surface area contributed by atoms with Crippen LogP contribution in [0, 0.1) is 5.21 Å². The summed E-state index contributed by atoms with van der Waals surface area (Å²) < 4.78 is 4.79. The number of nitrogens with zero attached hydrogens (tertiary/aromatic N) is 1. The van der Waals surface area contributed by atoms with Crippen molar-refractivity contribution in [1.82, 2.24) is 21.2 Å². The molecule has 1 aliphatic heterocycles. The molecule has 19 heavy (non-hydrogen) atoms. The summed E-state index contributed by atoms with van der Waals surface area (Å²) in [5, 5.41) is 28.9. The van der Waals surface area contributed by atoms with Crippen molar-refractivity contribution in [2.24, 2.45) is 0 Å². The number of alkyl halides is 1. The van der Waals surface area contributed by atoms with E-state index in [1.165, 1.54) is 0 Å². The van der Waals surface area contributed by atoms with Crippen molar-refractivity contribution in [3.05, 3.63) is 5.21 Å². The maximum absolute atomic E-state index is 11.2. The second-order valence-electron chi connectivity index (χ2n) is 4.26. The van der Waals surface area contributed by atoms with E-state index in [0.717, 1.165) is 0 Å². The molecule has 4 N–H and O–H groups in total. The molecule has 4 atom stereocenters. The van der Waals surface area contributed by atoms with E-state index in [1.54, 1.807) is 13.8 Å². The van der Waals surface area contributed by atoms with Gasteiger partial charge in [0.05, 0.1) is 25.2 Å². The number of hydrogen-bond acceptors (Lipinski definition) is 8. The van der Waals surface area contributed by atoms with Crippen LogP contribution in [0.3, 0.4) is 0 Å². The molecule has 1 saturated heterocycles. The molecule has 0 saturated carbocycles. The van der Waals surface area contributed by atoms with E-state index in [2.05, 4.69) is 16.0 Å². The highest BCUT2D eigenvalue weighted by Crippen LogP contribution is 2.12. The van der Waals surface area contributed by atoms with Gasteiger partial charge in [0.1, 0.15) is 5.62 Å². The Bertz CT molecular complexity index is 295. The lowest BCUT2D eigenvalue weighted by Crippen LogP contribution is -2.71. The van der Waals surface area contributed by atoms with Gasteiger partial charge in [-0.3, -0.25) is 26.0 Å². The van der Waals surface area contributed by atoms with Crippen LogP contribution in [0.5, 0.6) is 0 Å². The topological polar surface area (TPSA) is 109 Å². The third kappa shape index (κ3) is 5.19. The van der Waals surface area contributed by atoms with E-state index < -0.39 is 17.8 Å². The van der Waals surface area contributed by atoms with E-state index in [9.17, 15) is 10.0 Å². The molecule has 0 aromatic carbocycles. The van der Waals surface area contributed by atoms with Gasteiger partial charge in [0.2, 0.25) is 0 Å². The van der Waals surface area contributed by atoms with E-state index >= 15 is 0 Å². The smallest absolute Gasteiger partial charge is 0.307 e. The van der Waals surface area contributed by atoms with Crippen LogP contribution in [0.4, 0.5) is 0 Å². The van der Waals surface area contributed by atoms with Crippen LogP contribution in [0.1, 0.15) is 20.3 Å². The summed E-state index contributed by atoms with van der Waals surface area (Å²) in [5.74, 6) is -0.320. The minimum atomic E-state index is -0.753. The fourth-order valence-corrected chi connectivity index (χ4v) is 2.32. The Kier molecular flexibility index (Phi) is 6.94. The Labute approximate surface area is 117 Å². The molecule has 1 fully saturated rings. The molecule has 0 aromatic rings. The van der Waals surface area contributed by atoms with Gasteiger partial charge in [0.25, 0.3) is 0 Å². The molecule has 0 aromatic heterocycles. The van der Waals surface area contributed by atoms with Crippen LogP contribution in [-0.4, -0.2) is 53.4 Å². The van der Waals surface area contributed by atoms with E-state index in [1.807, 2.05) is 0 Å². The number of hydroxylamine groups is 2. The third-order valence-electron chi connectivity index (χ3n) is 2.84. The van der Waals surface area contributed by atoms with Gasteiger partial charge in [0.15, 0.2) is 0 Å². The molecule has 0 spiro atoms. The molecule has 0 bridgehead atoms. The fraction of sp³-hybridized carbons (Fsp3) is 0.900. The third-order valence-corrected chi connectivity index (χ3v) is 3.09. The summed E-state index contributed by atoms with van der Waals surface area (Å²) in [7, 11) is 0. The highest BCUT2D eigenvalue weighted by Gasteiger charge is 2.34. The van der Waals surface area contributed by atoms with E-state index in [4.69, 9.17) is 21.5 Å². The Balaban J connectivity index is 2.45. The van der Waals surface area contributed by atoms with Gasteiger partial charge in [0, 0.05) is 12.6 Å². The number of esters is 1. The maximum atomic E-state index is 11.2. The van der Waals surface area contributed by atoms with Gasteiger partial charge < -0.3 is 15.2 Å². The van der Waals surface area contributed by atoms with Crippen LogP contribution in [0.2, 0.25) is 0 Å². The lowest BCUT2D eigenvalue weighted by molar-refractivity contribution is -0.143. The second kappa shape index (κ2) is 7.95. The van der Waals surface area contributed by atoms with Crippen LogP contribution >= 0.6 is 11.6 Å². The molecule has 1 rings (SSSR count). The highest BCUT2D eigenvalue weighted by molar-refractivity contribution is 6.20. The van der Waals surface area contributed by atoms with E-state index in [0.29, 0.717) is 13.2 Å². The predicted molar refractivity (Wildman–Crippen MR) is 69.2 cm³/mol. The van der Waals surface area contributed by atoms with Crippen molar-refractivity contribution in [2.45, 2.75) is 44.1 Å². The standard InChI is InChI=1S/C10H20ClN4O4/c1-3-19-7(16)4-5-12-9-8(15(17)18)6(2)13-10(11)14-9/h6,8-10,12-14,17H,3-5H2,1-2H3/q-1. The lowest BCUT2D eigenvalue weighted by atomic mass is 10.1. The Morgan fingerprint density at radius 3 is 2.84 bits per heavy atom. The van der Waals surface area contributed by atoms with Crippen molar-refractivity contribution in [3.63, 3.8) is 0 Å². The molecular formula is C10H20ClN4O4-. The summed E-state index contributed by atoms with van der Waals surface area (Å²) in [6, 6.07) is -1.07. The van der Waals surface area contributed by atoms with Gasteiger partial charge >= 0.3 is 5.97 Å². The number of hydrogen-bond donors (Lipinski definition) is 4. The van der Waals surface area contributed by atoms with Gasteiger partial charge in [-0.2, -0.15) is 0 Å². The first kappa shape index (κ1) is 16.6. The van der Waals surface area contributed by atoms with Crippen molar-refractivity contribution in [3.8, 4) is 0 Å². The molecular weight excluding hydrogens is 276 g/mol. The minimum absolute atomic E-state index is 0.116. The molecule has 1 heterocycles. The molecule has 8 nitrogen and oxygen atoms in total. The van der Waals surface area contributed by atoms with Gasteiger partial charge in [-0.15, -0.1) is 0 Å². The van der Waals surface area contributed by atoms with Crippen LogP contribution in [-0.2, 0) is 9.53 Å². The summed E-state index contributed by atoms with van der Waals surface area (Å²) >= 11 is 5.91. The Morgan fingerprint density at radius 1 is 1.58 bits per heavy atom. The first-order valence-electron chi connectivity index (χ1n) is 6.16. The zero-order valence-corrected chi connectivity index (χ0v) is 11.7. The van der Waals surface area contributed by atoms with Gasteiger partial charge in [-0.1, -0.05) is 11.6 Å². The average molecular weight is 296 g/mol. The average Bonchev–Trinajstić information content (AvgIpc) is 2.27. The Morgan fingerprint density at radius 2 is 2.26 bits per heavy atom. The molecule has 112 valence electrons. The predicted octanol–water partition coefficient (Wildman–Crippen LogP) is -0.483. The second-order valence-corrected chi connectivity index (χ2v) is 4.70. The molecule has 0 radical (unpaired) electrons. The van der Waals surface area contributed by atoms with Crippen LogP contribution in [0.25, 0.3) is 0 Å². The molecule has 0 amide bonds. The van der Waals surface area contributed by atoms with Gasteiger partial charge in [-0.25, -0.2) is 0 Å². The first-order chi connectivity index (χ1) is 8.95. The van der Waals surface area contributed by atoms with E-state index in [-0.39, 0.29) is 23.7 Å². The lowest BCUT2D eigenvalue weighted by Gasteiger charge is -2.46. The number of carbonyl (C=O) groups excluding carboxylic acids is 1. The van der Waals surface area contributed by atoms with Crippen molar-refractivity contribution in [1.29, 1.82) is 0 Å². The zero-order chi connectivity index (χ0) is 14.4. The van der Waals surface area contributed by atoms with Crippen LogP contribution in [0.15, 0.2) is 0 Å². The molecule has 1 aliphatic rings. The summed E-state index contributed by atoms with van der Waals surface area (Å²) in [6.45, 7) is 4.12. The number of nitrogens with one attached hydrogen (secondary N) is 3. The SMILES string of the molecule is CCOC(=O)CCNC1NC(Cl)NC(C)C1N([O-])O. The monoisotopic (exact) mass is 295 g/mol. The quantitative estimate of drug-likeness (QED) is 0.225. The van der Waals surface area contributed by atoms with Crippen molar-refractivity contribution in [2.75, 3.05) is 13.2 Å².